The Bertz CT molecular complexity index is 771. The van der Waals surface area contributed by atoms with E-state index in [0.717, 1.165) is 64.0 Å². The van der Waals surface area contributed by atoms with Gasteiger partial charge in [-0.05, 0) is 37.1 Å². The zero-order chi connectivity index (χ0) is 18.9. The minimum atomic E-state index is -0.693. The van der Waals surface area contributed by atoms with E-state index in [1.54, 1.807) is 12.1 Å². The van der Waals surface area contributed by atoms with E-state index < -0.39 is 11.5 Å². The van der Waals surface area contributed by atoms with Gasteiger partial charge in [0.1, 0.15) is 5.82 Å². The number of rotatable bonds is 1. The molecule has 1 saturated carbocycles. The molecule has 1 unspecified atom stereocenters. The Labute approximate surface area is 158 Å². The van der Waals surface area contributed by atoms with Gasteiger partial charge < -0.3 is 9.80 Å². The van der Waals surface area contributed by atoms with E-state index in [4.69, 9.17) is 4.99 Å². The predicted octanol–water partition coefficient (Wildman–Crippen LogP) is 2.28. The van der Waals surface area contributed by atoms with Crippen LogP contribution in [-0.4, -0.2) is 48.5 Å². The molecule has 27 heavy (non-hydrogen) atoms. The van der Waals surface area contributed by atoms with Gasteiger partial charge in [0.15, 0.2) is 5.92 Å². The van der Waals surface area contributed by atoms with Gasteiger partial charge in [-0.2, -0.15) is 5.26 Å². The molecule has 1 amide bonds. The molecule has 0 radical (unpaired) electrons. The van der Waals surface area contributed by atoms with Crippen LogP contribution in [0.1, 0.15) is 32.1 Å². The molecule has 1 N–H and O–H groups in total. The van der Waals surface area contributed by atoms with E-state index >= 15 is 0 Å². The quantitative estimate of drug-likeness (QED) is 0.824. The number of aliphatic imine (C=N–C) groups is 1. The summed E-state index contributed by atoms with van der Waals surface area (Å²) in [6.45, 7) is 3.00. The zero-order valence-electron chi connectivity index (χ0n) is 15.3. The highest BCUT2D eigenvalue weighted by Gasteiger charge is 2.48. The van der Waals surface area contributed by atoms with Gasteiger partial charge in [0.05, 0.1) is 11.6 Å². The summed E-state index contributed by atoms with van der Waals surface area (Å²) >= 11 is 0. The van der Waals surface area contributed by atoms with Crippen LogP contribution >= 0.6 is 0 Å². The lowest BCUT2D eigenvalue weighted by Crippen LogP contribution is -2.60. The van der Waals surface area contributed by atoms with Crippen molar-refractivity contribution < 1.29 is 9.18 Å². The second-order valence-corrected chi connectivity index (χ2v) is 7.60. The third-order valence-corrected chi connectivity index (χ3v) is 5.98. The van der Waals surface area contributed by atoms with Crippen LogP contribution in [0.25, 0.3) is 0 Å². The molecule has 7 heteroatoms. The van der Waals surface area contributed by atoms with Crippen LogP contribution in [0.4, 0.5) is 10.1 Å². The van der Waals surface area contributed by atoms with Crippen LogP contribution in [-0.2, 0) is 4.79 Å². The number of carbonyl (C=O) groups is 1. The molecule has 3 aliphatic rings. The molecule has 1 aromatic carbocycles. The van der Waals surface area contributed by atoms with Gasteiger partial charge in [-0.25, -0.2) is 9.38 Å². The number of nitrogens with zero attached hydrogens (tertiary/aromatic N) is 4. The van der Waals surface area contributed by atoms with Gasteiger partial charge in [0.2, 0.25) is 11.9 Å². The van der Waals surface area contributed by atoms with Crippen LogP contribution in [0.15, 0.2) is 29.3 Å². The van der Waals surface area contributed by atoms with Gasteiger partial charge >= 0.3 is 0 Å². The van der Waals surface area contributed by atoms with Gasteiger partial charge in [-0.15, -0.1) is 0 Å². The molecular weight excluding hydrogens is 345 g/mol. The molecule has 6 nitrogen and oxygen atoms in total. The molecule has 2 heterocycles. The Kier molecular flexibility index (Phi) is 4.73. The fraction of sp³-hybridized carbons (Fsp3) is 0.550. The highest BCUT2D eigenvalue weighted by Crippen LogP contribution is 2.40. The maximum absolute atomic E-state index is 13.1. The minimum absolute atomic E-state index is 0.217. The van der Waals surface area contributed by atoms with Crippen LogP contribution in [0.5, 0.6) is 0 Å². The summed E-state index contributed by atoms with van der Waals surface area (Å²) in [7, 11) is 0. The van der Waals surface area contributed by atoms with Gasteiger partial charge in [0.25, 0.3) is 0 Å². The largest absolute Gasteiger partial charge is 0.368 e. The summed E-state index contributed by atoms with van der Waals surface area (Å²) in [6.07, 6.45) is 4.78. The normalized spacial score (nSPS) is 25.0. The molecule has 2 aliphatic heterocycles. The molecule has 4 rings (SSSR count). The van der Waals surface area contributed by atoms with Crippen molar-refractivity contribution in [2.75, 3.05) is 31.1 Å². The van der Waals surface area contributed by atoms with Crippen molar-refractivity contribution in [3.05, 3.63) is 30.1 Å². The fourth-order valence-electron chi connectivity index (χ4n) is 4.45. The second-order valence-electron chi connectivity index (χ2n) is 7.60. The van der Waals surface area contributed by atoms with Crippen molar-refractivity contribution >= 4 is 17.6 Å². The van der Waals surface area contributed by atoms with Crippen molar-refractivity contribution in [1.29, 1.82) is 5.26 Å². The first-order valence-corrected chi connectivity index (χ1v) is 9.67. The summed E-state index contributed by atoms with van der Waals surface area (Å²) in [6, 6.07) is 8.72. The lowest BCUT2D eigenvalue weighted by atomic mass is 9.72. The molecule has 1 aliphatic carbocycles. The van der Waals surface area contributed by atoms with E-state index in [0.29, 0.717) is 5.96 Å². The molecule has 0 bridgehead atoms. The van der Waals surface area contributed by atoms with Crippen molar-refractivity contribution in [1.82, 2.24) is 10.2 Å². The topological polar surface area (TPSA) is 71.7 Å². The summed E-state index contributed by atoms with van der Waals surface area (Å²) in [5, 5.41) is 12.4. The van der Waals surface area contributed by atoms with E-state index in [1.807, 2.05) is 0 Å². The first-order valence-electron chi connectivity index (χ1n) is 9.67. The maximum Gasteiger partial charge on any atom is 0.246 e. The lowest BCUT2D eigenvalue weighted by Gasteiger charge is -2.44. The number of nitriles is 1. The first-order chi connectivity index (χ1) is 13.1. The highest BCUT2D eigenvalue weighted by atomic mass is 19.1. The van der Waals surface area contributed by atoms with Crippen molar-refractivity contribution in [3.63, 3.8) is 0 Å². The Morgan fingerprint density at radius 3 is 2.33 bits per heavy atom. The van der Waals surface area contributed by atoms with Crippen molar-refractivity contribution in [3.8, 4) is 6.07 Å². The summed E-state index contributed by atoms with van der Waals surface area (Å²) in [4.78, 5) is 21.8. The van der Waals surface area contributed by atoms with Gasteiger partial charge in [-0.1, -0.05) is 19.3 Å². The van der Waals surface area contributed by atoms with Crippen molar-refractivity contribution in [2.45, 2.75) is 37.6 Å². The molecule has 1 saturated heterocycles. The van der Waals surface area contributed by atoms with Crippen LogP contribution < -0.4 is 10.2 Å². The van der Waals surface area contributed by atoms with Crippen LogP contribution in [0.2, 0.25) is 0 Å². The van der Waals surface area contributed by atoms with Gasteiger partial charge in [0, 0.05) is 31.9 Å². The summed E-state index contributed by atoms with van der Waals surface area (Å²) in [5.41, 5.74) is 0.442. The lowest BCUT2D eigenvalue weighted by molar-refractivity contribution is -0.125. The summed E-state index contributed by atoms with van der Waals surface area (Å²) < 4.78 is 13.1. The van der Waals surface area contributed by atoms with Crippen molar-refractivity contribution in [2.24, 2.45) is 10.9 Å². The number of anilines is 1. The maximum atomic E-state index is 13.1. The minimum Gasteiger partial charge on any atom is -0.368 e. The number of carbonyl (C=O) groups excluding carboxylic acids is 1. The molecule has 1 aromatic rings. The first kappa shape index (κ1) is 17.8. The zero-order valence-corrected chi connectivity index (χ0v) is 15.3. The molecule has 142 valence electrons. The second kappa shape index (κ2) is 7.18. The van der Waals surface area contributed by atoms with E-state index in [9.17, 15) is 14.4 Å². The monoisotopic (exact) mass is 369 g/mol. The third kappa shape index (κ3) is 3.36. The highest BCUT2D eigenvalue weighted by molar-refractivity contribution is 6.02. The standard InChI is InChI=1S/C20H24FN5O/c21-15-4-6-16(7-5-15)25-10-12-26(13-11-25)19-23-18(27)17(14-22)20(24-19)8-2-1-3-9-20/h4-7,17H,1-3,8-13H2,(H,23,24,27). The number of halogens is 1. The van der Waals surface area contributed by atoms with E-state index in [1.165, 1.54) is 12.1 Å². The number of hydrogen-bond acceptors (Lipinski definition) is 5. The van der Waals surface area contributed by atoms with E-state index in [2.05, 4.69) is 21.2 Å². The Balaban J connectivity index is 1.49. The Morgan fingerprint density at radius 1 is 1.07 bits per heavy atom. The molecule has 2 fully saturated rings. The molecule has 1 atom stereocenters. The Hall–Kier alpha value is -2.62. The molecule has 1 spiro atoms. The average Bonchev–Trinajstić information content (AvgIpc) is 2.69. The predicted molar refractivity (Wildman–Crippen MR) is 101 cm³/mol. The van der Waals surface area contributed by atoms with Gasteiger partial charge in [-0.3, -0.25) is 10.1 Å². The number of benzene rings is 1. The average molecular weight is 369 g/mol. The SMILES string of the molecule is N#CC1C(=O)NC(N2CCN(c3ccc(F)cc3)CC2)=NC12CCCCC2. The number of piperazine rings is 1. The summed E-state index contributed by atoms with van der Waals surface area (Å²) in [5.74, 6) is -0.527. The van der Waals surface area contributed by atoms with Crippen LogP contribution in [0, 0.1) is 23.1 Å². The van der Waals surface area contributed by atoms with E-state index in [-0.39, 0.29) is 11.7 Å². The molecule has 0 aromatic heterocycles. The fourth-order valence-corrected chi connectivity index (χ4v) is 4.45. The smallest absolute Gasteiger partial charge is 0.246 e. The number of amides is 1. The van der Waals surface area contributed by atoms with Crippen LogP contribution in [0.3, 0.4) is 0 Å². The Morgan fingerprint density at radius 2 is 1.70 bits per heavy atom. The number of hydrogen-bond donors (Lipinski definition) is 1. The number of nitrogens with one attached hydrogen (secondary N) is 1. The third-order valence-electron chi connectivity index (χ3n) is 5.98. The molecular formula is C20H24FN5O. The number of guanidine groups is 1.